The Labute approximate surface area is 139 Å². The molecule has 6 nitrogen and oxygen atoms in total. The average molecular weight is 321 g/mol. The molecule has 1 saturated carbocycles. The maximum absolute atomic E-state index is 9.61. The molecule has 0 aliphatic heterocycles. The van der Waals surface area contributed by atoms with Gasteiger partial charge >= 0.3 is 0 Å². The zero-order valence-corrected chi connectivity index (χ0v) is 14.6. The summed E-state index contributed by atoms with van der Waals surface area (Å²) < 4.78 is 2.18. The van der Waals surface area contributed by atoms with E-state index in [2.05, 4.69) is 45.9 Å². The highest BCUT2D eigenvalue weighted by atomic mass is 16.3. The van der Waals surface area contributed by atoms with Crippen LogP contribution in [0.25, 0.3) is 0 Å². The van der Waals surface area contributed by atoms with Crippen molar-refractivity contribution in [3.8, 4) is 0 Å². The highest BCUT2D eigenvalue weighted by Crippen LogP contribution is 2.18. The van der Waals surface area contributed by atoms with Gasteiger partial charge in [-0.3, -0.25) is 0 Å². The van der Waals surface area contributed by atoms with Gasteiger partial charge in [-0.05, 0) is 38.5 Å². The maximum Gasteiger partial charge on any atom is 0.191 e. The lowest BCUT2D eigenvalue weighted by atomic mass is 9.93. The fourth-order valence-electron chi connectivity index (χ4n) is 2.93. The van der Waals surface area contributed by atoms with Crippen molar-refractivity contribution in [2.75, 3.05) is 6.54 Å². The summed E-state index contributed by atoms with van der Waals surface area (Å²) in [7, 11) is 0. The van der Waals surface area contributed by atoms with E-state index in [0.29, 0.717) is 18.5 Å². The van der Waals surface area contributed by atoms with Crippen LogP contribution in [0.15, 0.2) is 17.4 Å². The zero-order valence-electron chi connectivity index (χ0n) is 14.6. The summed E-state index contributed by atoms with van der Waals surface area (Å²) in [6, 6.07) is 0.395. The van der Waals surface area contributed by atoms with E-state index in [4.69, 9.17) is 0 Å². The number of nitrogens with zero attached hydrogens (tertiary/aromatic N) is 3. The van der Waals surface area contributed by atoms with Gasteiger partial charge in [0.15, 0.2) is 5.96 Å². The van der Waals surface area contributed by atoms with Crippen LogP contribution in [0.1, 0.15) is 52.3 Å². The Hall–Kier alpha value is -1.56. The lowest BCUT2D eigenvalue weighted by Crippen LogP contribution is -2.45. The third kappa shape index (κ3) is 5.86. The van der Waals surface area contributed by atoms with Crippen LogP contribution in [0, 0.1) is 5.92 Å². The van der Waals surface area contributed by atoms with E-state index in [0.717, 1.165) is 50.6 Å². The van der Waals surface area contributed by atoms with Crippen molar-refractivity contribution in [3.63, 3.8) is 0 Å². The van der Waals surface area contributed by atoms with Crippen molar-refractivity contribution in [1.82, 2.24) is 20.2 Å². The predicted octanol–water partition coefficient (Wildman–Crippen LogP) is 1.90. The second-order valence-corrected chi connectivity index (χ2v) is 6.73. The van der Waals surface area contributed by atoms with Gasteiger partial charge in [0.05, 0.1) is 6.10 Å². The molecule has 0 radical (unpaired) electrons. The minimum atomic E-state index is -0.129. The summed E-state index contributed by atoms with van der Waals surface area (Å²) in [5.41, 5.74) is 0. The van der Waals surface area contributed by atoms with Gasteiger partial charge in [-0.25, -0.2) is 9.98 Å². The van der Waals surface area contributed by atoms with Crippen LogP contribution in [0.2, 0.25) is 0 Å². The van der Waals surface area contributed by atoms with E-state index >= 15 is 0 Å². The van der Waals surface area contributed by atoms with Crippen LogP contribution in [0.5, 0.6) is 0 Å². The number of hydrogen-bond donors (Lipinski definition) is 3. The number of aliphatic hydroxyl groups excluding tert-OH is 1. The first-order valence-corrected chi connectivity index (χ1v) is 8.81. The molecule has 0 amide bonds. The maximum atomic E-state index is 9.61. The summed E-state index contributed by atoms with van der Waals surface area (Å²) in [6.45, 7) is 8.86. The van der Waals surface area contributed by atoms with Gasteiger partial charge in [0.2, 0.25) is 0 Å². The molecule has 23 heavy (non-hydrogen) atoms. The summed E-state index contributed by atoms with van der Waals surface area (Å²) >= 11 is 0. The van der Waals surface area contributed by atoms with Crippen LogP contribution in [0.3, 0.4) is 0 Å². The molecule has 0 unspecified atom stereocenters. The van der Waals surface area contributed by atoms with Crippen LogP contribution >= 0.6 is 0 Å². The fourth-order valence-corrected chi connectivity index (χ4v) is 2.93. The lowest BCUT2D eigenvalue weighted by Gasteiger charge is -2.27. The normalized spacial score (nSPS) is 22.4. The molecule has 0 spiro atoms. The third-order valence-electron chi connectivity index (χ3n) is 4.12. The van der Waals surface area contributed by atoms with Crippen molar-refractivity contribution in [3.05, 3.63) is 18.2 Å². The van der Waals surface area contributed by atoms with Crippen LogP contribution in [0.4, 0.5) is 0 Å². The molecule has 1 aliphatic rings. The number of hydrogen-bond acceptors (Lipinski definition) is 3. The molecule has 1 aliphatic carbocycles. The standard InChI is InChI=1S/C17H31N5O/c1-4-18-17(21-14-5-7-15(23)8-6-14)20-11-16-19-9-10-22(16)12-13(2)3/h9-10,13-15,23H,4-8,11-12H2,1-3H3,(H2,18,20,21). The largest absolute Gasteiger partial charge is 0.393 e. The summed E-state index contributed by atoms with van der Waals surface area (Å²) in [5.74, 6) is 2.43. The van der Waals surface area contributed by atoms with Gasteiger partial charge in [0.1, 0.15) is 12.4 Å². The molecule has 1 heterocycles. The predicted molar refractivity (Wildman–Crippen MR) is 93.3 cm³/mol. The van der Waals surface area contributed by atoms with E-state index in [1.807, 2.05) is 12.4 Å². The SMILES string of the molecule is CCNC(=NCc1nccn1CC(C)C)NC1CCC(O)CC1. The van der Waals surface area contributed by atoms with E-state index in [9.17, 15) is 5.11 Å². The smallest absolute Gasteiger partial charge is 0.191 e. The molecular formula is C17H31N5O. The fraction of sp³-hybridized carbons (Fsp3) is 0.765. The average Bonchev–Trinajstić information content (AvgIpc) is 2.94. The number of guanidine groups is 1. The van der Waals surface area contributed by atoms with Crippen molar-refractivity contribution in [1.29, 1.82) is 0 Å². The molecule has 1 aromatic heterocycles. The first-order valence-electron chi connectivity index (χ1n) is 8.81. The number of aliphatic imine (C=N–C) groups is 1. The molecule has 2 rings (SSSR count). The number of aliphatic hydroxyl groups is 1. The van der Waals surface area contributed by atoms with Gasteiger partial charge in [0, 0.05) is 31.5 Å². The molecular weight excluding hydrogens is 290 g/mol. The van der Waals surface area contributed by atoms with Crippen molar-refractivity contribution in [2.45, 2.75) is 71.7 Å². The summed E-state index contributed by atoms with van der Waals surface area (Å²) in [4.78, 5) is 9.11. The number of rotatable bonds is 6. The van der Waals surface area contributed by atoms with Crippen LogP contribution in [-0.4, -0.2) is 39.3 Å². The Kier molecular flexibility index (Phi) is 6.89. The minimum absolute atomic E-state index is 0.129. The van der Waals surface area contributed by atoms with Crippen molar-refractivity contribution < 1.29 is 5.11 Å². The van der Waals surface area contributed by atoms with Gasteiger partial charge in [-0.2, -0.15) is 0 Å². The Morgan fingerprint density at radius 1 is 1.39 bits per heavy atom. The minimum Gasteiger partial charge on any atom is -0.393 e. The molecule has 130 valence electrons. The van der Waals surface area contributed by atoms with Crippen LogP contribution < -0.4 is 10.6 Å². The molecule has 0 aromatic carbocycles. The summed E-state index contributed by atoms with van der Waals surface area (Å²) in [6.07, 6.45) is 7.47. The first kappa shape index (κ1) is 17.8. The molecule has 0 saturated heterocycles. The molecule has 0 bridgehead atoms. The molecule has 0 atom stereocenters. The molecule has 1 fully saturated rings. The first-order chi connectivity index (χ1) is 11.1. The Morgan fingerprint density at radius 3 is 2.78 bits per heavy atom. The molecule has 6 heteroatoms. The zero-order chi connectivity index (χ0) is 16.7. The Morgan fingerprint density at radius 2 is 2.13 bits per heavy atom. The van der Waals surface area contributed by atoms with Crippen molar-refractivity contribution in [2.24, 2.45) is 10.9 Å². The van der Waals surface area contributed by atoms with Crippen molar-refractivity contribution >= 4 is 5.96 Å². The van der Waals surface area contributed by atoms with E-state index in [1.165, 1.54) is 0 Å². The topological polar surface area (TPSA) is 74.5 Å². The second kappa shape index (κ2) is 8.91. The van der Waals surface area contributed by atoms with E-state index in [-0.39, 0.29) is 6.10 Å². The highest BCUT2D eigenvalue weighted by Gasteiger charge is 2.20. The number of aromatic nitrogens is 2. The Balaban J connectivity index is 1.94. The quantitative estimate of drug-likeness (QED) is 0.552. The second-order valence-electron chi connectivity index (χ2n) is 6.73. The van der Waals surface area contributed by atoms with Gasteiger partial charge < -0.3 is 20.3 Å². The van der Waals surface area contributed by atoms with Gasteiger partial charge in [-0.15, -0.1) is 0 Å². The number of imidazole rings is 1. The molecule has 1 aromatic rings. The van der Waals surface area contributed by atoms with Gasteiger partial charge in [0.25, 0.3) is 0 Å². The van der Waals surface area contributed by atoms with Gasteiger partial charge in [-0.1, -0.05) is 13.8 Å². The highest BCUT2D eigenvalue weighted by molar-refractivity contribution is 5.80. The molecule has 3 N–H and O–H groups in total. The van der Waals surface area contributed by atoms with Crippen LogP contribution in [-0.2, 0) is 13.1 Å². The Bertz CT molecular complexity index is 489. The summed E-state index contributed by atoms with van der Waals surface area (Å²) in [5, 5.41) is 16.4. The third-order valence-corrected chi connectivity index (χ3v) is 4.12. The van der Waals surface area contributed by atoms with E-state index in [1.54, 1.807) is 0 Å². The monoisotopic (exact) mass is 321 g/mol. The lowest BCUT2D eigenvalue weighted by molar-refractivity contribution is 0.120. The van der Waals surface area contributed by atoms with E-state index < -0.39 is 0 Å². The number of nitrogens with one attached hydrogen (secondary N) is 2.